The molecule has 3 heterocycles. The molecule has 3 atom stereocenters. The third kappa shape index (κ3) is 3.85. The molecule has 6 nitrogen and oxygen atoms in total. The van der Waals surface area contributed by atoms with E-state index in [1.807, 2.05) is 4.90 Å². The summed E-state index contributed by atoms with van der Waals surface area (Å²) in [5.41, 5.74) is 0.310. The van der Waals surface area contributed by atoms with Crippen LogP contribution in [0.4, 0.5) is 0 Å². The van der Waals surface area contributed by atoms with Gasteiger partial charge in [0.05, 0.1) is 12.5 Å². The molecule has 0 aliphatic carbocycles. The van der Waals surface area contributed by atoms with Gasteiger partial charge in [0.25, 0.3) is 0 Å². The molecule has 25 heavy (non-hydrogen) atoms. The summed E-state index contributed by atoms with van der Waals surface area (Å²) in [5.74, 6) is 0.136. The van der Waals surface area contributed by atoms with Gasteiger partial charge in [0.1, 0.15) is 0 Å². The highest BCUT2D eigenvalue weighted by molar-refractivity contribution is 5.89. The summed E-state index contributed by atoms with van der Waals surface area (Å²) in [6.07, 6.45) is 1.47. The Balaban J connectivity index is 1.72. The molecule has 2 amide bonds. The van der Waals surface area contributed by atoms with Crippen molar-refractivity contribution >= 4 is 11.8 Å². The van der Waals surface area contributed by atoms with Crippen LogP contribution in [0.25, 0.3) is 0 Å². The number of hydrogen-bond acceptors (Lipinski definition) is 4. The minimum Gasteiger partial charge on any atom is -0.353 e. The molecule has 0 aromatic carbocycles. The van der Waals surface area contributed by atoms with Crippen LogP contribution in [0.1, 0.15) is 40.5 Å². The monoisotopic (exact) mass is 350 g/mol. The summed E-state index contributed by atoms with van der Waals surface area (Å²) >= 11 is 0. The van der Waals surface area contributed by atoms with Crippen LogP contribution in [0.15, 0.2) is 0 Å². The lowest BCUT2D eigenvalue weighted by atomic mass is 9.65. The van der Waals surface area contributed by atoms with Crippen molar-refractivity contribution in [1.29, 1.82) is 0 Å². The van der Waals surface area contributed by atoms with Crippen molar-refractivity contribution in [3.05, 3.63) is 0 Å². The lowest BCUT2D eigenvalue weighted by molar-refractivity contribution is -0.148. The standard InChI is InChI=1S/C19H34N4O2/c1-14(2)23-7-6-20-17(25)15(23)8-16(24)22-12-18(3)9-19(4,13-22)11-21(5)10-18/h14-15H,6-13H2,1-5H3,(H,20,25)/t15-,18-,19+/m0/s1. The van der Waals surface area contributed by atoms with Crippen LogP contribution in [-0.4, -0.2) is 84.9 Å². The number of rotatable bonds is 3. The second-order valence-corrected chi connectivity index (χ2v) is 9.56. The minimum absolute atomic E-state index is 0.00246. The van der Waals surface area contributed by atoms with E-state index in [2.05, 4.69) is 49.9 Å². The molecule has 6 heteroatoms. The molecule has 2 bridgehead atoms. The molecule has 1 N–H and O–H groups in total. The third-order valence-corrected chi connectivity index (χ3v) is 6.06. The largest absolute Gasteiger partial charge is 0.353 e. The number of fused-ring (bicyclic) bond motifs is 2. The van der Waals surface area contributed by atoms with E-state index in [1.165, 1.54) is 6.42 Å². The molecule has 3 saturated heterocycles. The first-order valence-electron chi connectivity index (χ1n) is 9.61. The van der Waals surface area contributed by atoms with Gasteiger partial charge in [0, 0.05) is 45.3 Å². The lowest BCUT2D eigenvalue weighted by Crippen LogP contribution is -2.63. The van der Waals surface area contributed by atoms with Crippen molar-refractivity contribution in [2.45, 2.75) is 52.6 Å². The van der Waals surface area contributed by atoms with Crippen molar-refractivity contribution in [1.82, 2.24) is 20.0 Å². The number of piperidine rings is 2. The van der Waals surface area contributed by atoms with Crippen molar-refractivity contribution in [2.24, 2.45) is 10.8 Å². The smallest absolute Gasteiger partial charge is 0.237 e. The molecule has 0 saturated carbocycles. The van der Waals surface area contributed by atoms with Gasteiger partial charge in [-0.15, -0.1) is 0 Å². The van der Waals surface area contributed by atoms with Crippen molar-refractivity contribution < 1.29 is 9.59 Å². The van der Waals surface area contributed by atoms with Gasteiger partial charge in [-0.05, 0) is 38.1 Å². The van der Waals surface area contributed by atoms with Crippen LogP contribution in [0.2, 0.25) is 0 Å². The third-order valence-electron chi connectivity index (χ3n) is 6.06. The molecule has 142 valence electrons. The molecule has 3 aliphatic rings. The van der Waals surface area contributed by atoms with E-state index >= 15 is 0 Å². The zero-order valence-electron chi connectivity index (χ0n) is 16.5. The van der Waals surface area contributed by atoms with Crippen molar-refractivity contribution in [3.63, 3.8) is 0 Å². The number of nitrogens with zero attached hydrogens (tertiary/aromatic N) is 3. The maximum Gasteiger partial charge on any atom is 0.237 e. The number of carbonyl (C=O) groups is 2. The van der Waals surface area contributed by atoms with Crippen molar-refractivity contribution in [2.75, 3.05) is 46.3 Å². The minimum atomic E-state index is -0.327. The Bertz CT molecular complexity index is 532. The maximum atomic E-state index is 13.1. The Morgan fingerprint density at radius 3 is 2.36 bits per heavy atom. The maximum absolute atomic E-state index is 13.1. The Morgan fingerprint density at radius 1 is 1.20 bits per heavy atom. The average Bonchev–Trinajstić information content (AvgIpc) is 2.45. The quantitative estimate of drug-likeness (QED) is 0.817. The highest BCUT2D eigenvalue weighted by Gasteiger charge is 2.49. The van der Waals surface area contributed by atoms with Crippen LogP contribution >= 0.6 is 0 Å². The fourth-order valence-electron chi connectivity index (χ4n) is 5.72. The van der Waals surface area contributed by atoms with E-state index in [0.717, 1.165) is 32.7 Å². The predicted octanol–water partition coefficient (Wildman–Crippen LogP) is 0.776. The summed E-state index contributed by atoms with van der Waals surface area (Å²) in [4.78, 5) is 32.1. The molecule has 3 rings (SSSR count). The number of piperazine rings is 1. The zero-order valence-corrected chi connectivity index (χ0v) is 16.5. The van der Waals surface area contributed by atoms with Crippen LogP contribution in [0.3, 0.4) is 0 Å². The summed E-state index contributed by atoms with van der Waals surface area (Å²) in [6, 6.07) is -0.0560. The van der Waals surface area contributed by atoms with Gasteiger partial charge in [0.2, 0.25) is 11.8 Å². The SMILES string of the molecule is CC(C)N1CCNC(=O)[C@@H]1CC(=O)N1C[C@]2(C)CN(C)C[C@](C)(C1)C2. The normalized spacial score (nSPS) is 37.3. The number of carbonyl (C=O) groups excluding carboxylic acids is 2. The summed E-state index contributed by atoms with van der Waals surface area (Å²) in [5, 5.41) is 2.93. The first-order chi connectivity index (χ1) is 11.6. The van der Waals surface area contributed by atoms with E-state index in [1.54, 1.807) is 0 Å². The van der Waals surface area contributed by atoms with Gasteiger partial charge in [0.15, 0.2) is 0 Å². The Morgan fingerprint density at radius 2 is 1.80 bits per heavy atom. The van der Waals surface area contributed by atoms with Crippen LogP contribution in [-0.2, 0) is 9.59 Å². The number of nitrogens with one attached hydrogen (secondary N) is 1. The Hall–Kier alpha value is -1.14. The molecule has 3 fully saturated rings. The molecule has 3 aliphatic heterocycles. The molecule has 0 radical (unpaired) electrons. The molecule has 0 aromatic rings. The fourth-order valence-corrected chi connectivity index (χ4v) is 5.72. The Labute approximate surface area is 151 Å². The van der Waals surface area contributed by atoms with Gasteiger partial charge in [-0.1, -0.05) is 13.8 Å². The van der Waals surface area contributed by atoms with E-state index in [4.69, 9.17) is 0 Å². The second kappa shape index (κ2) is 6.54. The predicted molar refractivity (Wildman–Crippen MR) is 98.2 cm³/mol. The number of likely N-dealkylation sites (tertiary alicyclic amines) is 2. The van der Waals surface area contributed by atoms with Gasteiger partial charge < -0.3 is 15.1 Å². The molecular weight excluding hydrogens is 316 g/mol. The topological polar surface area (TPSA) is 55.9 Å². The first kappa shape index (κ1) is 18.6. The summed E-state index contributed by atoms with van der Waals surface area (Å²) in [7, 11) is 2.18. The van der Waals surface area contributed by atoms with Gasteiger partial charge in [-0.2, -0.15) is 0 Å². The van der Waals surface area contributed by atoms with Crippen LogP contribution < -0.4 is 5.32 Å². The molecule has 0 spiro atoms. The van der Waals surface area contributed by atoms with Gasteiger partial charge in [-0.25, -0.2) is 0 Å². The fraction of sp³-hybridized carbons (Fsp3) is 0.895. The van der Waals surface area contributed by atoms with E-state index < -0.39 is 0 Å². The number of amides is 2. The Kier molecular flexibility index (Phi) is 4.88. The summed E-state index contributed by atoms with van der Waals surface area (Å²) in [6.45, 7) is 14.0. The number of hydrogen-bond donors (Lipinski definition) is 1. The highest BCUT2D eigenvalue weighted by atomic mass is 16.2. The van der Waals surface area contributed by atoms with Gasteiger partial charge >= 0.3 is 0 Å². The molecule has 0 unspecified atom stereocenters. The second-order valence-electron chi connectivity index (χ2n) is 9.56. The average molecular weight is 351 g/mol. The highest BCUT2D eigenvalue weighted by Crippen LogP contribution is 2.45. The summed E-state index contributed by atoms with van der Waals surface area (Å²) < 4.78 is 0. The van der Waals surface area contributed by atoms with Crippen LogP contribution in [0, 0.1) is 10.8 Å². The van der Waals surface area contributed by atoms with E-state index in [-0.39, 0.29) is 34.7 Å². The first-order valence-corrected chi connectivity index (χ1v) is 9.61. The zero-order chi connectivity index (χ0) is 18.4. The van der Waals surface area contributed by atoms with E-state index in [0.29, 0.717) is 13.0 Å². The van der Waals surface area contributed by atoms with Crippen LogP contribution in [0.5, 0.6) is 0 Å². The van der Waals surface area contributed by atoms with Gasteiger partial charge in [-0.3, -0.25) is 14.5 Å². The molecule has 0 aromatic heterocycles. The molecular formula is C19H34N4O2. The lowest BCUT2D eigenvalue weighted by Gasteiger charge is -2.56. The van der Waals surface area contributed by atoms with E-state index in [9.17, 15) is 9.59 Å². The van der Waals surface area contributed by atoms with Crippen molar-refractivity contribution in [3.8, 4) is 0 Å².